The van der Waals surface area contributed by atoms with E-state index in [9.17, 15) is 0 Å². The molecule has 0 saturated carbocycles. The van der Waals surface area contributed by atoms with E-state index in [2.05, 4.69) is 175 Å². The van der Waals surface area contributed by atoms with E-state index in [-0.39, 0.29) is 0 Å². The molecule has 9 rings (SSSR count). The Bertz CT molecular complexity index is 2560. The topological polar surface area (TPSA) is 9.86 Å². The quantitative estimate of drug-likeness (QED) is 0.197. The zero-order chi connectivity index (χ0) is 30.1. The molecule has 0 N–H and O–H groups in total. The van der Waals surface area contributed by atoms with Gasteiger partial charge in [-0.1, -0.05) is 98.8 Å². The molecule has 0 bridgehead atoms. The summed E-state index contributed by atoms with van der Waals surface area (Å²) in [5.41, 5.74) is 11.1. The minimum Gasteiger partial charge on any atom is -0.309 e. The maximum Gasteiger partial charge on any atom is 0.0541 e. The van der Waals surface area contributed by atoms with E-state index in [1.54, 1.807) is 0 Å². The Morgan fingerprint density at radius 3 is 1.67 bits per heavy atom. The average molecular weight is 577 g/mol. The number of hydrogen-bond acceptors (Lipinski definition) is 0. The third-order valence-electron chi connectivity index (χ3n) is 9.47. The van der Waals surface area contributed by atoms with Gasteiger partial charge in [-0.25, -0.2) is 0 Å². The first-order valence-electron chi connectivity index (χ1n) is 15.8. The van der Waals surface area contributed by atoms with Crippen LogP contribution in [0.25, 0.3) is 76.9 Å². The van der Waals surface area contributed by atoms with Crippen molar-refractivity contribution < 1.29 is 0 Å². The van der Waals surface area contributed by atoms with Crippen LogP contribution in [0.1, 0.15) is 25.3 Å². The highest BCUT2D eigenvalue weighted by atomic mass is 15.0. The van der Waals surface area contributed by atoms with Crippen molar-refractivity contribution in [3.63, 3.8) is 0 Å². The number of benzene rings is 7. The van der Waals surface area contributed by atoms with Crippen LogP contribution >= 0.6 is 0 Å². The minimum atomic E-state index is 0.459. The largest absolute Gasteiger partial charge is 0.309 e. The van der Waals surface area contributed by atoms with Crippen molar-refractivity contribution in [2.24, 2.45) is 0 Å². The summed E-state index contributed by atoms with van der Waals surface area (Å²) in [7, 11) is 0. The van der Waals surface area contributed by atoms with Crippen molar-refractivity contribution in [2.75, 3.05) is 0 Å². The molecule has 214 valence electrons. The lowest BCUT2D eigenvalue weighted by Gasteiger charge is -2.11. The van der Waals surface area contributed by atoms with Gasteiger partial charge in [0.1, 0.15) is 0 Å². The molecule has 2 aromatic heterocycles. The number of rotatable bonds is 4. The normalized spacial score (nSPS) is 12.0. The zero-order valence-corrected chi connectivity index (χ0v) is 25.4. The summed E-state index contributed by atoms with van der Waals surface area (Å²) in [4.78, 5) is 0. The molecule has 0 amide bonds. The second kappa shape index (κ2) is 9.97. The fourth-order valence-electron chi connectivity index (χ4n) is 7.18. The van der Waals surface area contributed by atoms with E-state index in [0.29, 0.717) is 5.92 Å². The van der Waals surface area contributed by atoms with E-state index < -0.39 is 0 Å². The second-order valence-electron chi connectivity index (χ2n) is 12.5. The molecule has 0 aliphatic heterocycles. The van der Waals surface area contributed by atoms with Gasteiger partial charge in [0, 0.05) is 32.9 Å². The second-order valence-corrected chi connectivity index (χ2v) is 12.5. The van der Waals surface area contributed by atoms with Crippen LogP contribution in [-0.2, 0) is 0 Å². The summed E-state index contributed by atoms with van der Waals surface area (Å²) >= 11 is 0. The van der Waals surface area contributed by atoms with Crippen LogP contribution in [-0.4, -0.2) is 9.13 Å². The van der Waals surface area contributed by atoms with E-state index in [4.69, 9.17) is 0 Å². The van der Waals surface area contributed by atoms with Gasteiger partial charge in [0.05, 0.1) is 22.1 Å². The van der Waals surface area contributed by atoms with Crippen LogP contribution in [0.4, 0.5) is 0 Å². The molecule has 2 heteroatoms. The highest BCUT2D eigenvalue weighted by molar-refractivity contribution is 6.13. The highest BCUT2D eigenvalue weighted by Crippen LogP contribution is 2.39. The molecule has 45 heavy (non-hydrogen) atoms. The molecular weight excluding hydrogens is 544 g/mol. The van der Waals surface area contributed by atoms with Crippen molar-refractivity contribution in [3.8, 4) is 22.5 Å². The maximum absolute atomic E-state index is 2.43. The van der Waals surface area contributed by atoms with Gasteiger partial charge in [-0.2, -0.15) is 0 Å². The molecule has 7 aromatic carbocycles. The molecule has 0 radical (unpaired) electrons. The van der Waals surface area contributed by atoms with Gasteiger partial charge in [-0.3, -0.25) is 0 Å². The van der Waals surface area contributed by atoms with Crippen LogP contribution in [0.2, 0.25) is 0 Å². The summed E-state index contributed by atoms with van der Waals surface area (Å²) in [6.45, 7) is 4.55. The molecule has 0 unspecified atom stereocenters. The van der Waals surface area contributed by atoms with Gasteiger partial charge >= 0.3 is 0 Å². The standard InChI is InChI=1S/C43H32N2/c1-28(2)30-17-21-42-38(25-30)39-27-33(19-23-43(39)45(42)35-20-16-29-10-6-7-11-31(29)24-35)32-18-22-41-37(26-32)36-14-8-9-15-40(36)44(41)34-12-4-3-5-13-34/h3-28H,1-2H3. The highest BCUT2D eigenvalue weighted by Gasteiger charge is 2.17. The third-order valence-corrected chi connectivity index (χ3v) is 9.47. The molecule has 0 atom stereocenters. The molecule has 0 aliphatic rings. The summed E-state index contributed by atoms with van der Waals surface area (Å²) in [5, 5.41) is 7.64. The Balaban J connectivity index is 1.27. The van der Waals surface area contributed by atoms with E-state index in [0.717, 1.165) is 0 Å². The Morgan fingerprint density at radius 1 is 0.378 bits per heavy atom. The number of fused-ring (bicyclic) bond motifs is 7. The van der Waals surface area contributed by atoms with Crippen molar-refractivity contribution in [2.45, 2.75) is 19.8 Å². The molecule has 0 fully saturated rings. The Labute approximate surface area is 262 Å². The van der Waals surface area contributed by atoms with Gasteiger partial charge in [0.25, 0.3) is 0 Å². The molecule has 9 aromatic rings. The third kappa shape index (κ3) is 4.03. The summed E-state index contributed by atoms with van der Waals surface area (Å²) in [6, 6.07) is 55.8. The van der Waals surface area contributed by atoms with Crippen molar-refractivity contribution in [1.82, 2.24) is 9.13 Å². The molecule has 0 aliphatic carbocycles. The number of para-hydroxylation sites is 2. The number of aromatic nitrogens is 2. The maximum atomic E-state index is 2.43. The van der Waals surface area contributed by atoms with Crippen LogP contribution in [0.5, 0.6) is 0 Å². The summed E-state index contributed by atoms with van der Waals surface area (Å²) < 4.78 is 4.81. The Morgan fingerprint density at radius 2 is 0.933 bits per heavy atom. The zero-order valence-electron chi connectivity index (χ0n) is 25.4. The van der Waals surface area contributed by atoms with Crippen molar-refractivity contribution >= 4 is 54.4 Å². The van der Waals surface area contributed by atoms with Crippen LogP contribution in [0.15, 0.2) is 152 Å². The lowest BCUT2D eigenvalue weighted by molar-refractivity contribution is 0.868. The van der Waals surface area contributed by atoms with Crippen LogP contribution in [0.3, 0.4) is 0 Å². The minimum absolute atomic E-state index is 0.459. The van der Waals surface area contributed by atoms with Crippen molar-refractivity contribution in [3.05, 3.63) is 157 Å². The summed E-state index contributed by atoms with van der Waals surface area (Å²) in [5.74, 6) is 0.459. The Kier molecular flexibility index (Phi) is 5.73. The van der Waals surface area contributed by atoms with Gasteiger partial charge in [-0.05, 0) is 100 Å². The molecule has 2 nitrogen and oxygen atoms in total. The molecular formula is C43H32N2. The first kappa shape index (κ1) is 25.9. The Hall–Kier alpha value is -5.60. The van der Waals surface area contributed by atoms with E-state index >= 15 is 0 Å². The molecule has 0 spiro atoms. The predicted molar refractivity (Wildman–Crippen MR) is 192 cm³/mol. The number of nitrogens with zero attached hydrogens (tertiary/aromatic N) is 2. The fraction of sp³-hybridized carbons (Fsp3) is 0.0698. The smallest absolute Gasteiger partial charge is 0.0541 e. The molecule has 2 heterocycles. The van der Waals surface area contributed by atoms with Gasteiger partial charge < -0.3 is 9.13 Å². The van der Waals surface area contributed by atoms with Crippen LogP contribution in [0, 0.1) is 0 Å². The predicted octanol–water partition coefficient (Wildman–Crippen LogP) is 11.8. The monoisotopic (exact) mass is 576 g/mol. The van der Waals surface area contributed by atoms with Gasteiger partial charge in [0.15, 0.2) is 0 Å². The lowest BCUT2D eigenvalue weighted by Crippen LogP contribution is -1.94. The van der Waals surface area contributed by atoms with Gasteiger partial charge in [-0.15, -0.1) is 0 Å². The first-order valence-corrected chi connectivity index (χ1v) is 15.8. The average Bonchev–Trinajstić information content (AvgIpc) is 3.60. The van der Waals surface area contributed by atoms with E-state index in [1.165, 1.54) is 82.4 Å². The SMILES string of the molecule is CC(C)c1ccc2c(c1)c1cc(-c3ccc4c(c3)c3ccccc3n4-c3ccccc3)ccc1n2-c1ccc2ccccc2c1. The first-order chi connectivity index (χ1) is 22.1. The lowest BCUT2D eigenvalue weighted by atomic mass is 9.98. The summed E-state index contributed by atoms with van der Waals surface area (Å²) in [6.07, 6.45) is 0. The van der Waals surface area contributed by atoms with Gasteiger partial charge in [0.2, 0.25) is 0 Å². The fourth-order valence-corrected chi connectivity index (χ4v) is 7.18. The number of hydrogen-bond donors (Lipinski definition) is 0. The van der Waals surface area contributed by atoms with E-state index in [1.807, 2.05) is 0 Å². The van der Waals surface area contributed by atoms with Crippen LogP contribution < -0.4 is 0 Å². The van der Waals surface area contributed by atoms with Crippen molar-refractivity contribution in [1.29, 1.82) is 0 Å². The molecule has 0 saturated heterocycles.